The maximum Gasteiger partial charge on any atom is 0.407 e. The molecule has 174 valence electrons. The van der Waals surface area contributed by atoms with Gasteiger partial charge in [-0.1, -0.05) is 48.5 Å². The smallest absolute Gasteiger partial charge is 0.407 e. The lowest BCUT2D eigenvalue weighted by Gasteiger charge is -2.21. The van der Waals surface area contributed by atoms with E-state index in [9.17, 15) is 14.4 Å². The highest BCUT2D eigenvalue weighted by Gasteiger charge is 2.38. The summed E-state index contributed by atoms with van der Waals surface area (Å²) in [6.45, 7) is 1.72. The molecule has 2 aromatic carbocycles. The maximum atomic E-state index is 12.5. The molecular formula is C24H27N3O6. The molecule has 2 aliphatic rings. The summed E-state index contributed by atoms with van der Waals surface area (Å²) in [4.78, 5) is 42.0. The predicted octanol–water partition coefficient (Wildman–Crippen LogP) is 2.16. The van der Waals surface area contributed by atoms with Crippen LogP contribution in [0.3, 0.4) is 0 Å². The van der Waals surface area contributed by atoms with Crippen molar-refractivity contribution in [1.29, 1.82) is 0 Å². The molecular weight excluding hydrogens is 426 g/mol. The van der Waals surface area contributed by atoms with Crippen LogP contribution in [0.4, 0.5) is 4.79 Å². The number of amides is 2. The second-order valence-electron chi connectivity index (χ2n) is 8.12. The molecule has 2 aromatic rings. The van der Waals surface area contributed by atoms with Gasteiger partial charge in [-0.25, -0.2) is 9.59 Å². The fourth-order valence-corrected chi connectivity index (χ4v) is 4.26. The van der Waals surface area contributed by atoms with Crippen LogP contribution >= 0.6 is 0 Å². The van der Waals surface area contributed by atoms with Gasteiger partial charge in [-0.05, 0) is 29.2 Å². The van der Waals surface area contributed by atoms with Gasteiger partial charge in [0.25, 0.3) is 0 Å². The number of benzene rings is 2. The summed E-state index contributed by atoms with van der Waals surface area (Å²) < 4.78 is 10.2. The first-order valence-electron chi connectivity index (χ1n) is 10.8. The molecule has 0 aromatic heterocycles. The molecule has 9 nitrogen and oxygen atoms in total. The van der Waals surface area contributed by atoms with Gasteiger partial charge >= 0.3 is 12.1 Å². The average molecular weight is 453 g/mol. The number of hydrogen-bond acceptors (Lipinski definition) is 7. The number of carbonyl (C=O) groups excluding carboxylic acids is 3. The molecule has 1 saturated heterocycles. The second kappa shape index (κ2) is 9.60. The predicted molar refractivity (Wildman–Crippen MR) is 119 cm³/mol. The highest BCUT2D eigenvalue weighted by molar-refractivity contribution is 5.85. The van der Waals surface area contributed by atoms with Crippen LogP contribution in [0.2, 0.25) is 0 Å². The number of esters is 1. The molecule has 1 heterocycles. The Morgan fingerprint density at radius 2 is 1.70 bits per heavy atom. The lowest BCUT2D eigenvalue weighted by molar-refractivity contribution is -0.180. The van der Waals surface area contributed by atoms with Crippen LogP contribution < -0.4 is 10.6 Å². The van der Waals surface area contributed by atoms with Gasteiger partial charge in [0.05, 0.1) is 7.11 Å². The molecule has 1 aliphatic heterocycles. The summed E-state index contributed by atoms with van der Waals surface area (Å²) in [5, 5.41) is 6.70. The van der Waals surface area contributed by atoms with Crippen molar-refractivity contribution in [2.24, 2.45) is 0 Å². The molecule has 0 radical (unpaired) electrons. The van der Waals surface area contributed by atoms with Crippen molar-refractivity contribution in [2.45, 2.75) is 37.6 Å². The summed E-state index contributed by atoms with van der Waals surface area (Å²) in [6.07, 6.45) is -1.74. The van der Waals surface area contributed by atoms with Crippen LogP contribution in [0, 0.1) is 0 Å². The zero-order valence-electron chi connectivity index (χ0n) is 18.7. The van der Waals surface area contributed by atoms with Crippen LogP contribution in [0.1, 0.15) is 30.4 Å². The lowest BCUT2D eigenvalue weighted by atomic mass is 9.98. The van der Waals surface area contributed by atoms with E-state index < -0.39 is 36.3 Å². The van der Waals surface area contributed by atoms with Gasteiger partial charge in [-0.2, -0.15) is 5.06 Å². The van der Waals surface area contributed by atoms with E-state index in [0.29, 0.717) is 0 Å². The van der Waals surface area contributed by atoms with Crippen molar-refractivity contribution in [3.8, 4) is 11.1 Å². The van der Waals surface area contributed by atoms with Gasteiger partial charge in [-0.15, -0.1) is 0 Å². The minimum Gasteiger partial charge on any atom is -0.467 e. The maximum absolute atomic E-state index is 12.5. The Bertz CT molecular complexity index is 1010. The summed E-state index contributed by atoms with van der Waals surface area (Å²) in [7, 11) is 2.88. The Balaban J connectivity index is 1.30. The largest absolute Gasteiger partial charge is 0.467 e. The molecule has 1 fully saturated rings. The van der Waals surface area contributed by atoms with E-state index >= 15 is 0 Å². The van der Waals surface area contributed by atoms with Gasteiger partial charge in [0.2, 0.25) is 5.91 Å². The fraction of sp³-hybridized carbons (Fsp3) is 0.375. The number of hydroxylamine groups is 2. The van der Waals surface area contributed by atoms with Gasteiger partial charge in [0.15, 0.2) is 6.10 Å². The first-order chi connectivity index (χ1) is 15.9. The van der Waals surface area contributed by atoms with Gasteiger partial charge in [0.1, 0.15) is 18.8 Å². The zero-order valence-corrected chi connectivity index (χ0v) is 18.7. The number of nitrogens with zero attached hydrogens (tertiary/aromatic N) is 1. The number of hydrogen-bond donors (Lipinski definition) is 2. The van der Waals surface area contributed by atoms with Crippen LogP contribution in [0.15, 0.2) is 48.5 Å². The molecule has 0 bridgehead atoms. The van der Waals surface area contributed by atoms with E-state index in [1.165, 1.54) is 12.2 Å². The molecule has 4 rings (SSSR count). The molecule has 0 saturated carbocycles. The molecule has 3 atom stereocenters. The Morgan fingerprint density at radius 1 is 1.09 bits per heavy atom. The monoisotopic (exact) mass is 453 g/mol. The van der Waals surface area contributed by atoms with E-state index in [1.807, 2.05) is 36.4 Å². The zero-order chi connectivity index (χ0) is 23.5. The Hall–Kier alpha value is -3.43. The third kappa shape index (κ3) is 4.69. The van der Waals surface area contributed by atoms with Crippen molar-refractivity contribution >= 4 is 18.0 Å². The molecule has 0 spiro atoms. The summed E-state index contributed by atoms with van der Waals surface area (Å²) in [5.74, 6) is -0.996. The topological polar surface area (TPSA) is 106 Å². The van der Waals surface area contributed by atoms with E-state index in [-0.39, 0.29) is 18.9 Å². The number of ether oxygens (including phenoxy) is 2. The SMILES string of the molecule is COC(=O)[C@H]1C[C@@H](NC(=O)[C@H](C)NC(=O)OCC2c3ccccc3-c3ccccc32)N(C)O1. The third-order valence-corrected chi connectivity index (χ3v) is 6.01. The Morgan fingerprint density at radius 3 is 2.30 bits per heavy atom. The normalized spacial score (nSPS) is 20.5. The van der Waals surface area contributed by atoms with Gasteiger partial charge in [-0.3, -0.25) is 9.63 Å². The van der Waals surface area contributed by atoms with Crippen LogP contribution in [-0.4, -0.2) is 62.1 Å². The summed E-state index contributed by atoms with van der Waals surface area (Å²) in [5.41, 5.74) is 4.51. The number of methoxy groups -OCH3 is 1. The molecule has 2 amide bonds. The van der Waals surface area contributed by atoms with Crippen LogP contribution in [-0.2, 0) is 23.9 Å². The number of alkyl carbamates (subject to hydrolysis) is 1. The minimum atomic E-state index is -0.841. The Labute approximate surface area is 191 Å². The standard InChI is InChI=1S/C24H27N3O6/c1-14(22(28)26-21-12-20(23(29)31-3)33-27(21)2)25-24(30)32-13-19-17-10-6-4-8-15(17)16-9-5-7-11-18(16)19/h4-11,14,19-21H,12-13H2,1-3H3,(H,25,30)(H,26,28)/t14-,20+,21-/m0/s1. The second-order valence-corrected chi connectivity index (χ2v) is 8.12. The lowest BCUT2D eigenvalue weighted by Crippen LogP contribution is -2.51. The van der Waals surface area contributed by atoms with E-state index in [1.54, 1.807) is 14.0 Å². The van der Waals surface area contributed by atoms with Crippen molar-refractivity contribution < 1.29 is 28.7 Å². The molecule has 1 aliphatic carbocycles. The average Bonchev–Trinajstić information content (AvgIpc) is 3.34. The first kappa shape index (κ1) is 22.8. The number of fused-ring (bicyclic) bond motifs is 3. The first-order valence-corrected chi connectivity index (χ1v) is 10.8. The molecule has 2 N–H and O–H groups in total. The van der Waals surface area contributed by atoms with Crippen molar-refractivity contribution in [2.75, 3.05) is 20.8 Å². The quantitative estimate of drug-likeness (QED) is 0.646. The van der Waals surface area contributed by atoms with Crippen molar-refractivity contribution in [3.05, 3.63) is 59.7 Å². The number of carbonyl (C=O) groups is 3. The summed E-state index contributed by atoms with van der Waals surface area (Å²) >= 11 is 0. The van der Waals surface area contributed by atoms with Crippen molar-refractivity contribution in [3.63, 3.8) is 0 Å². The van der Waals surface area contributed by atoms with E-state index in [2.05, 4.69) is 27.5 Å². The highest BCUT2D eigenvalue weighted by Crippen LogP contribution is 2.44. The number of nitrogens with one attached hydrogen (secondary N) is 2. The van der Waals surface area contributed by atoms with E-state index in [4.69, 9.17) is 9.57 Å². The van der Waals surface area contributed by atoms with Crippen molar-refractivity contribution in [1.82, 2.24) is 15.7 Å². The van der Waals surface area contributed by atoms with E-state index in [0.717, 1.165) is 22.3 Å². The Kier molecular flexibility index (Phi) is 6.62. The van der Waals surface area contributed by atoms with Crippen LogP contribution in [0.25, 0.3) is 11.1 Å². The summed E-state index contributed by atoms with van der Waals surface area (Å²) in [6, 6.07) is 15.3. The molecule has 9 heteroatoms. The fourth-order valence-electron chi connectivity index (χ4n) is 4.26. The third-order valence-electron chi connectivity index (χ3n) is 6.01. The van der Waals surface area contributed by atoms with Gasteiger partial charge in [0, 0.05) is 19.4 Å². The van der Waals surface area contributed by atoms with Gasteiger partial charge < -0.3 is 20.1 Å². The van der Waals surface area contributed by atoms with Crippen LogP contribution in [0.5, 0.6) is 0 Å². The minimum absolute atomic E-state index is 0.0631. The molecule has 33 heavy (non-hydrogen) atoms. The highest BCUT2D eigenvalue weighted by atomic mass is 16.7. The molecule has 0 unspecified atom stereocenters. The number of rotatable bonds is 6.